The van der Waals surface area contributed by atoms with Gasteiger partial charge in [-0.15, -0.1) is 0 Å². The molecule has 0 aromatic heterocycles. The van der Waals surface area contributed by atoms with Crippen LogP contribution in [0.15, 0.2) is 24.3 Å². The van der Waals surface area contributed by atoms with E-state index in [1.807, 2.05) is 6.92 Å². The SMILES string of the molecule is CCCCC1CCC(CCc2ccc(OCCOCC)cc2)CC1. The normalized spacial score (nSPS) is 20.9. The number of rotatable bonds is 11. The fourth-order valence-electron chi connectivity index (χ4n) is 3.79. The van der Waals surface area contributed by atoms with Crippen LogP contribution in [0.3, 0.4) is 0 Å². The quantitative estimate of drug-likeness (QED) is 0.460. The Hall–Kier alpha value is -1.02. The highest BCUT2D eigenvalue weighted by molar-refractivity contribution is 5.27. The van der Waals surface area contributed by atoms with Crippen LogP contribution in [0.2, 0.25) is 0 Å². The molecule has 1 aromatic carbocycles. The van der Waals surface area contributed by atoms with Gasteiger partial charge in [0.2, 0.25) is 0 Å². The number of ether oxygens (including phenoxy) is 2. The van der Waals surface area contributed by atoms with Gasteiger partial charge in [0.05, 0.1) is 6.61 Å². The average molecular weight is 333 g/mol. The van der Waals surface area contributed by atoms with E-state index in [-0.39, 0.29) is 0 Å². The summed E-state index contributed by atoms with van der Waals surface area (Å²) < 4.78 is 11.0. The van der Waals surface area contributed by atoms with E-state index < -0.39 is 0 Å². The molecule has 1 aliphatic carbocycles. The van der Waals surface area contributed by atoms with Crippen molar-refractivity contribution >= 4 is 0 Å². The first-order chi connectivity index (χ1) is 11.8. The minimum atomic E-state index is 0.633. The van der Waals surface area contributed by atoms with Gasteiger partial charge in [-0.25, -0.2) is 0 Å². The molecular weight excluding hydrogens is 296 g/mol. The van der Waals surface area contributed by atoms with Gasteiger partial charge in [-0.05, 0) is 49.3 Å². The summed E-state index contributed by atoms with van der Waals surface area (Å²) >= 11 is 0. The Kier molecular flexibility index (Phi) is 9.27. The van der Waals surface area contributed by atoms with Gasteiger partial charge < -0.3 is 9.47 Å². The minimum absolute atomic E-state index is 0.633. The molecule has 2 heteroatoms. The van der Waals surface area contributed by atoms with Crippen molar-refractivity contribution in [2.75, 3.05) is 19.8 Å². The zero-order valence-electron chi connectivity index (χ0n) is 15.8. The molecule has 0 aliphatic heterocycles. The van der Waals surface area contributed by atoms with E-state index >= 15 is 0 Å². The summed E-state index contributed by atoms with van der Waals surface area (Å²) in [5.41, 5.74) is 1.44. The van der Waals surface area contributed by atoms with Gasteiger partial charge in [0, 0.05) is 6.61 Å². The average Bonchev–Trinajstić information content (AvgIpc) is 2.64. The summed E-state index contributed by atoms with van der Waals surface area (Å²) in [6, 6.07) is 8.65. The van der Waals surface area contributed by atoms with Gasteiger partial charge in [0.25, 0.3) is 0 Å². The maximum atomic E-state index is 5.68. The maximum absolute atomic E-state index is 5.68. The van der Waals surface area contributed by atoms with Gasteiger partial charge >= 0.3 is 0 Å². The second-order valence-corrected chi connectivity index (χ2v) is 7.26. The molecule has 2 nitrogen and oxygen atoms in total. The Labute approximate surface area is 148 Å². The molecule has 1 aromatic rings. The van der Waals surface area contributed by atoms with Crippen molar-refractivity contribution in [2.45, 2.75) is 71.6 Å². The Bertz CT molecular complexity index is 418. The highest BCUT2D eigenvalue weighted by Crippen LogP contribution is 2.34. The molecular formula is C22H36O2. The fraction of sp³-hybridized carbons (Fsp3) is 0.727. The Balaban J connectivity index is 1.62. The van der Waals surface area contributed by atoms with Crippen LogP contribution in [-0.4, -0.2) is 19.8 Å². The van der Waals surface area contributed by atoms with Crippen LogP contribution < -0.4 is 4.74 Å². The van der Waals surface area contributed by atoms with Crippen molar-refractivity contribution in [3.05, 3.63) is 29.8 Å². The number of hydrogen-bond acceptors (Lipinski definition) is 2. The van der Waals surface area contributed by atoms with Crippen molar-refractivity contribution in [1.29, 1.82) is 0 Å². The molecule has 0 bridgehead atoms. The lowest BCUT2D eigenvalue weighted by Crippen LogP contribution is -2.15. The van der Waals surface area contributed by atoms with Gasteiger partial charge in [0.1, 0.15) is 12.4 Å². The molecule has 2 rings (SSSR count). The molecule has 1 aliphatic rings. The lowest BCUT2D eigenvalue weighted by Gasteiger charge is -2.28. The van der Waals surface area contributed by atoms with E-state index in [1.54, 1.807) is 0 Å². The van der Waals surface area contributed by atoms with Crippen molar-refractivity contribution in [2.24, 2.45) is 11.8 Å². The Morgan fingerprint density at radius 3 is 2.17 bits per heavy atom. The Morgan fingerprint density at radius 1 is 0.875 bits per heavy atom. The van der Waals surface area contributed by atoms with E-state index in [1.165, 1.54) is 63.4 Å². The number of unbranched alkanes of at least 4 members (excludes halogenated alkanes) is 1. The molecule has 0 amide bonds. The third-order valence-electron chi connectivity index (χ3n) is 5.40. The van der Waals surface area contributed by atoms with Crippen LogP contribution in [0.25, 0.3) is 0 Å². The van der Waals surface area contributed by atoms with Crippen molar-refractivity contribution in [3.8, 4) is 5.75 Å². The largest absolute Gasteiger partial charge is 0.491 e. The van der Waals surface area contributed by atoms with Crippen molar-refractivity contribution in [1.82, 2.24) is 0 Å². The summed E-state index contributed by atoms with van der Waals surface area (Å²) in [5.74, 6) is 2.93. The smallest absolute Gasteiger partial charge is 0.119 e. The molecule has 24 heavy (non-hydrogen) atoms. The van der Waals surface area contributed by atoms with Crippen LogP contribution in [-0.2, 0) is 11.2 Å². The van der Waals surface area contributed by atoms with Crippen LogP contribution in [0.4, 0.5) is 0 Å². The maximum Gasteiger partial charge on any atom is 0.119 e. The van der Waals surface area contributed by atoms with E-state index in [4.69, 9.17) is 9.47 Å². The lowest BCUT2D eigenvalue weighted by molar-refractivity contribution is 0.110. The molecule has 1 fully saturated rings. The molecule has 1 saturated carbocycles. The zero-order valence-corrected chi connectivity index (χ0v) is 15.8. The topological polar surface area (TPSA) is 18.5 Å². The zero-order chi connectivity index (χ0) is 17.0. The van der Waals surface area contributed by atoms with Crippen molar-refractivity contribution < 1.29 is 9.47 Å². The number of aryl methyl sites for hydroxylation is 1. The summed E-state index contributed by atoms with van der Waals surface area (Å²) in [6.45, 7) is 6.36. The second kappa shape index (κ2) is 11.5. The van der Waals surface area contributed by atoms with Gasteiger partial charge in [-0.1, -0.05) is 64.0 Å². The predicted molar refractivity (Wildman–Crippen MR) is 102 cm³/mol. The third-order valence-corrected chi connectivity index (χ3v) is 5.40. The fourth-order valence-corrected chi connectivity index (χ4v) is 3.79. The summed E-state index contributed by atoms with van der Waals surface area (Å²) in [7, 11) is 0. The standard InChI is InChI=1S/C22H36O2/c1-3-5-6-19-7-9-20(10-8-19)11-12-21-13-15-22(16-14-21)24-18-17-23-4-2/h13-16,19-20H,3-12,17-18H2,1-2H3. The first-order valence-electron chi connectivity index (χ1n) is 10.1. The van der Waals surface area contributed by atoms with Gasteiger partial charge in [-0.2, -0.15) is 0 Å². The van der Waals surface area contributed by atoms with Crippen LogP contribution in [0, 0.1) is 11.8 Å². The van der Waals surface area contributed by atoms with E-state index in [0.717, 1.165) is 24.2 Å². The third kappa shape index (κ3) is 7.25. The van der Waals surface area contributed by atoms with E-state index in [9.17, 15) is 0 Å². The molecule has 0 spiro atoms. The van der Waals surface area contributed by atoms with Crippen molar-refractivity contribution in [3.63, 3.8) is 0 Å². The summed E-state index contributed by atoms with van der Waals surface area (Å²) in [4.78, 5) is 0. The van der Waals surface area contributed by atoms with Crippen LogP contribution in [0.5, 0.6) is 5.75 Å². The molecule has 136 valence electrons. The molecule has 0 N–H and O–H groups in total. The Morgan fingerprint density at radius 2 is 1.54 bits per heavy atom. The minimum Gasteiger partial charge on any atom is -0.491 e. The highest BCUT2D eigenvalue weighted by Gasteiger charge is 2.20. The summed E-state index contributed by atoms with van der Waals surface area (Å²) in [6.07, 6.45) is 12.6. The molecule has 0 heterocycles. The number of hydrogen-bond donors (Lipinski definition) is 0. The second-order valence-electron chi connectivity index (χ2n) is 7.26. The highest BCUT2D eigenvalue weighted by atomic mass is 16.5. The molecule has 0 unspecified atom stereocenters. The molecule has 0 saturated heterocycles. The van der Waals surface area contributed by atoms with E-state index in [2.05, 4.69) is 31.2 Å². The molecule has 0 atom stereocenters. The monoisotopic (exact) mass is 332 g/mol. The van der Waals surface area contributed by atoms with Gasteiger partial charge in [-0.3, -0.25) is 0 Å². The van der Waals surface area contributed by atoms with E-state index in [0.29, 0.717) is 13.2 Å². The van der Waals surface area contributed by atoms with Crippen LogP contribution >= 0.6 is 0 Å². The van der Waals surface area contributed by atoms with Crippen LogP contribution in [0.1, 0.15) is 70.8 Å². The first kappa shape index (κ1) is 19.3. The molecule has 0 radical (unpaired) electrons. The van der Waals surface area contributed by atoms with Gasteiger partial charge in [0.15, 0.2) is 0 Å². The first-order valence-corrected chi connectivity index (χ1v) is 10.1. The number of benzene rings is 1. The lowest BCUT2D eigenvalue weighted by atomic mass is 9.78. The summed E-state index contributed by atoms with van der Waals surface area (Å²) in [5, 5.41) is 0. The predicted octanol–water partition coefficient (Wildman–Crippen LogP) is 6.03.